The fourth-order valence-corrected chi connectivity index (χ4v) is 1.64. The lowest BCUT2D eigenvalue weighted by Gasteiger charge is -2.07. The molecule has 0 saturated carbocycles. The third-order valence-corrected chi connectivity index (χ3v) is 3.84. The summed E-state index contributed by atoms with van der Waals surface area (Å²) < 4.78 is 11.1. The van der Waals surface area contributed by atoms with Crippen LogP contribution in [0.15, 0.2) is 0 Å². The molecule has 1 aromatic heterocycles. The standard InChI is InChI=1S/C10H18N4O2S/c1-4-8-12-9(14-13-8)10(15)11-6-5-7(2)17(3)16/h7H,4-6H2,1-3H3,(H,11,15)(H,12,13,14). The van der Waals surface area contributed by atoms with Crippen molar-refractivity contribution in [2.24, 2.45) is 0 Å². The van der Waals surface area contributed by atoms with E-state index in [0.29, 0.717) is 25.2 Å². The van der Waals surface area contributed by atoms with E-state index in [2.05, 4.69) is 20.5 Å². The number of rotatable bonds is 6. The molecule has 2 N–H and O–H groups in total. The Morgan fingerprint density at radius 2 is 2.29 bits per heavy atom. The van der Waals surface area contributed by atoms with E-state index in [9.17, 15) is 9.00 Å². The number of aromatic amines is 1. The van der Waals surface area contributed by atoms with Gasteiger partial charge in [-0.1, -0.05) is 13.8 Å². The number of H-pyrrole nitrogens is 1. The molecule has 6 nitrogen and oxygen atoms in total. The van der Waals surface area contributed by atoms with Crippen molar-refractivity contribution >= 4 is 16.7 Å². The second kappa shape index (κ2) is 6.48. The highest BCUT2D eigenvalue weighted by molar-refractivity contribution is 7.84. The van der Waals surface area contributed by atoms with E-state index in [1.54, 1.807) is 6.26 Å². The molecule has 1 aromatic rings. The first-order valence-corrected chi connectivity index (χ1v) is 7.18. The van der Waals surface area contributed by atoms with Crippen molar-refractivity contribution < 1.29 is 9.00 Å². The van der Waals surface area contributed by atoms with Crippen LogP contribution < -0.4 is 5.32 Å². The molecular weight excluding hydrogens is 240 g/mol. The Labute approximate surface area is 103 Å². The van der Waals surface area contributed by atoms with Crippen molar-refractivity contribution in [3.8, 4) is 0 Å². The van der Waals surface area contributed by atoms with Crippen LogP contribution in [-0.4, -0.2) is 43.3 Å². The van der Waals surface area contributed by atoms with Crippen LogP contribution in [0.2, 0.25) is 0 Å². The minimum atomic E-state index is -0.856. The summed E-state index contributed by atoms with van der Waals surface area (Å²) in [5.74, 6) is 0.556. The third kappa shape index (κ3) is 4.26. The average Bonchev–Trinajstić information content (AvgIpc) is 2.77. The lowest BCUT2D eigenvalue weighted by Crippen LogP contribution is -2.28. The van der Waals surface area contributed by atoms with Crippen LogP contribution >= 0.6 is 0 Å². The summed E-state index contributed by atoms with van der Waals surface area (Å²) >= 11 is 0. The molecule has 0 aliphatic rings. The number of nitrogens with zero attached hydrogens (tertiary/aromatic N) is 2. The van der Waals surface area contributed by atoms with Gasteiger partial charge in [-0.3, -0.25) is 14.1 Å². The summed E-state index contributed by atoms with van der Waals surface area (Å²) in [7, 11) is -0.856. The fourth-order valence-electron chi connectivity index (χ4n) is 1.19. The fraction of sp³-hybridized carbons (Fsp3) is 0.700. The minimum absolute atomic E-state index is 0.0774. The highest BCUT2D eigenvalue weighted by Crippen LogP contribution is 1.98. The van der Waals surface area contributed by atoms with Crippen molar-refractivity contribution in [2.75, 3.05) is 12.8 Å². The summed E-state index contributed by atoms with van der Waals surface area (Å²) in [6.45, 7) is 4.31. The second-order valence-corrected chi connectivity index (χ2v) is 5.61. The molecular formula is C10H18N4O2S. The van der Waals surface area contributed by atoms with Gasteiger partial charge in [0.15, 0.2) is 0 Å². The van der Waals surface area contributed by atoms with Gasteiger partial charge >= 0.3 is 0 Å². The number of carbonyl (C=O) groups excluding carboxylic acids is 1. The maximum Gasteiger partial charge on any atom is 0.290 e. The van der Waals surface area contributed by atoms with Gasteiger partial charge in [-0.2, -0.15) is 0 Å². The van der Waals surface area contributed by atoms with Gasteiger partial charge in [-0.25, -0.2) is 4.98 Å². The van der Waals surface area contributed by atoms with Gasteiger partial charge in [0.1, 0.15) is 5.82 Å². The van der Waals surface area contributed by atoms with Crippen LogP contribution in [-0.2, 0) is 17.2 Å². The van der Waals surface area contributed by atoms with Crippen LogP contribution in [0.3, 0.4) is 0 Å². The lowest BCUT2D eigenvalue weighted by molar-refractivity contribution is 0.0943. The predicted octanol–water partition coefficient (Wildman–Crippen LogP) is 0.254. The number of carbonyl (C=O) groups is 1. The van der Waals surface area contributed by atoms with Crippen LogP contribution in [0.25, 0.3) is 0 Å². The molecule has 1 rings (SSSR count). The monoisotopic (exact) mass is 258 g/mol. The van der Waals surface area contributed by atoms with E-state index in [-0.39, 0.29) is 17.0 Å². The summed E-state index contributed by atoms with van der Waals surface area (Å²) in [5, 5.41) is 9.28. The van der Waals surface area contributed by atoms with Gasteiger partial charge in [0.05, 0.1) is 0 Å². The molecule has 2 unspecified atom stereocenters. The first kappa shape index (κ1) is 13.8. The first-order valence-electron chi connectivity index (χ1n) is 5.56. The number of hydrogen-bond acceptors (Lipinski definition) is 4. The zero-order valence-corrected chi connectivity index (χ0v) is 11.1. The summed E-state index contributed by atoms with van der Waals surface area (Å²) in [4.78, 5) is 15.6. The van der Waals surface area contributed by atoms with Crippen molar-refractivity contribution in [1.82, 2.24) is 20.5 Å². The molecule has 0 spiro atoms. The molecule has 96 valence electrons. The Bertz CT molecular complexity index is 405. The van der Waals surface area contributed by atoms with E-state index in [1.165, 1.54) is 0 Å². The van der Waals surface area contributed by atoms with Crippen LogP contribution in [0.4, 0.5) is 0 Å². The number of aromatic nitrogens is 3. The van der Waals surface area contributed by atoms with E-state index < -0.39 is 10.8 Å². The van der Waals surface area contributed by atoms with Gasteiger partial charge in [-0.15, -0.1) is 5.10 Å². The molecule has 1 amide bonds. The summed E-state index contributed by atoms with van der Waals surface area (Å²) in [6, 6.07) is 0. The van der Waals surface area contributed by atoms with Crippen LogP contribution in [0.5, 0.6) is 0 Å². The Morgan fingerprint density at radius 1 is 1.59 bits per heavy atom. The van der Waals surface area contributed by atoms with Crippen molar-refractivity contribution in [3.63, 3.8) is 0 Å². The first-order chi connectivity index (χ1) is 8.04. The van der Waals surface area contributed by atoms with Crippen LogP contribution in [0, 0.1) is 0 Å². The molecule has 1 heterocycles. The number of amides is 1. The van der Waals surface area contributed by atoms with Crippen molar-refractivity contribution in [2.45, 2.75) is 31.9 Å². The SMILES string of the molecule is CCc1nc(C(=O)NCCC(C)S(C)=O)n[nH]1. The van der Waals surface area contributed by atoms with E-state index in [4.69, 9.17) is 0 Å². The second-order valence-electron chi connectivity index (χ2n) is 3.81. The molecule has 0 radical (unpaired) electrons. The topological polar surface area (TPSA) is 87.7 Å². The Kier molecular flexibility index (Phi) is 5.27. The molecule has 0 aliphatic heterocycles. The van der Waals surface area contributed by atoms with Crippen molar-refractivity contribution in [1.29, 1.82) is 0 Å². The molecule has 0 saturated heterocycles. The Morgan fingerprint density at radius 3 is 2.82 bits per heavy atom. The maximum atomic E-state index is 11.6. The summed E-state index contributed by atoms with van der Waals surface area (Å²) in [6.07, 6.45) is 3.06. The smallest absolute Gasteiger partial charge is 0.290 e. The van der Waals surface area contributed by atoms with Gasteiger partial charge < -0.3 is 5.32 Å². The normalized spacial score (nSPS) is 14.3. The van der Waals surface area contributed by atoms with Crippen molar-refractivity contribution in [3.05, 3.63) is 11.6 Å². The largest absolute Gasteiger partial charge is 0.349 e. The van der Waals surface area contributed by atoms with E-state index in [0.717, 1.165) is 0 Å². The molecule has 0 bridgehead atoms. The Hall–Kier alpha value is -1.24. The average molecular weight is 258 g/mol. The van der Waals surface area contributed by atoms with Crippen LogP contribution in [0.1, 0.15) is 36.7 Å². The molecule has 0 fully saturated rings. The van der Waals surface area contributed by atoms with E-state index in [1.807, 2.05) is 13.8 Å². The summed E-state index contributed by atoms with van der Waals surface area (Å²) in [5.41, 5.74) is 0. The number of aryl methyl sites for hydroxylation is 1. The quantitative estimate of drug-likeness (QED) is 0.766. The Balaban J connectivity index is 2.37. The lowest BCUT2D eigenvalue weighted by atomic mass is 10.3. The van der Waals surface area contributed by atoms with E-state index >= 15 is 0 Å². The molecule has 7 heteroatoms. The number of nitrogens with one attached hydrogen (secondary N) is 2. The van der Waals surface area contributed by atoms with Gasteiger partial charge in [0, 0.05) is 35.3 Å². The number of hydrogen-bond donors (Lipinski definition) is 2. The van der Waals surface area contributed by atoms with Gasteiger partial charge in [0.2, 0.25) is 5.82 Å². The maximum absolute atomic E-state index is 11.6. The predicted molar refractivity (Wildman–Crippen MR) is 66.2 cm³/mol. The zero-order chi connectivity index (χ0) is 12.8. The highest BCUT2D eigenvalue weighted by Gasteiger charge is 2.12. The third-order valence-electron chi connectivity index (χ3n) is 2.47. The zero-order valence-electron chi connectivity index (χ0n) is 10.3. The van der Waals surface area contributed by atoms with Gasteiger partial charge in [-0.05, 0) is 6.42 Å². The van der Waals surface area contributed by atoms with Gasteiger partial charge in [0.25, 0.3) is 5.91 Å². The molecule has 0 aromatic carbocycles. The molecule has 2 atom stereocenters. The minimum Gasteiger partial charge on any atom is -0.349 e. The molecule has 17 heavy (non-hydrogen) atoms. The molecule has 0 aliphatic carbocycles. The highest BCUT2D eigenvalue weighted by atomic mass is 32.2.